The minimum atomic E-state index is 0.318. The lowest BCUT2D eigenvalue weighted by molar-refractivity contribution is 0.684. The molecule has 0 aliphatic heterocycles. The maximum Gasteiger partial charge on any atom is 0.157 e. The molecule has 0 bridgehead atoms. The van der Waals surface area contributed by atoms with E-state index in [1.165, 1.54) is 5.57 Å². The van der Waals surface area contributed by atoms with Gasteiger partial charge in [0.15, 0.2) is 5.65 Å². The fourth-order valence-electron chi connectivity index (χ4n) is 3.07. The molecule has 2 aromatic rings. The molecule has 2 heterocycles. The van der Waals surface area contributed by atoms with Gasteiger partial charge in [0, 0.05) is 24.2 Å². The van der Waals surface area contributed by atoms with Crippen molar-refractivity contribution in [2.75, 3.05) is 5.32 Å². The van der Waals surface area contributed by atoms with Gasteiger partial charge in [0.05, 0.1) is 11.9 Å². The lowest BCUT2D eigenvalue weighted by Gasteiger charge is -2.16. The van der Waals surface area contributed by atoms with Crippen molar-refractivity contribution in [1.29, 1.82) is 0 Å². The van der Waals surface area contributed by atoms with Crippen molar-refractivity contribution in [1.82, 2.24) is 14.6 Å². The monoisotopic (exact) mass is 285 g/mol. The van der Waals surface area contributed by atoms with Gasteiger partial charge in [-0.1, -0.05) is 13.0 Å². The zero-order chi connectivity index (χ0) is 14.8. The maximum atomic E-state index is 6.01. The Morgan fingerprint density at radius 2 is 2.38 bits per heavy atom. The van der Waals surface area contributed by atoms with Gasteiger partial charge in [0.25, 0.3) is 0 Å². The van der Waals surface area contributed by atoms with Crippen LogP contribution in [0.2, 0.25) is 0 Å². The third-order valence-electron chi connectivity index (χ3n) is 4.24. The van der Waals surface area contributed by atoms with Gasteiger partial charge in [-0.05, 0) is 38.2 Å². The molecule has 2 atom stereocenters. The molecular formula is C16H23N5. The number of allylic oxidation sites excluding steroid dienone is 2. The van der Waals surface area contributed by atoms with Crippen molar-refractivity contribution in [3.63, 3.8) is 0 Å². The summed E-state index contributed by atoms with van der Waals surface area (Å²) in [5, 5.41) is 7.97. The smallest absolute Gasteiger partial charge is 0.157 e. The summed E-state index contributed by atoms with van der Waals surface area (Å²) in [7, 11) is 0. The molecule has 5 nitrogen and oxygen atoms in total. The predicted octanol–water partition coefficient (Wildman–Crippen LogP) is 2.83. The fourth-order valence-corrected chi connectivity index (χ4v) is 3.07. The van der Waals surface area contributed by atoms with E-state index in [9.17, 15) is 0 Å². The Morgan fingerprint density at radius 3 is 3.05 bits per heavy atom. The molecule has 1 saturated carbocycles. The average Bonchev–Trinajstić information content (AvgIpc) is 3.09. The number of hydrogen-bond donors (Lipinski definition) is 2. The number of aromatic nitrogens is 3. The average molecular weight is 285 g/mol. The first kappa shape index (κ1) is 14.1. The van der Waals surface area contributed by atoms with E-state index in [1.807, 2.05) is 10.6 Å². The van der Waals surface area contributed by atoms with Gasteiger partial charge in [-0.25, -0.2) is 4.98 Å². The van der Waals surface area contributed by atoms with Gasteiger partial charge in [-0.2, -0.15) is 9.61 Å². The largest absolute Gasteiger partial charge is 0.367 e. The topological polar surface area (TPSA) is 68.2 Å². The predicted molar refractivity (Wildman–Crippen MR) is 86.2 cm³/mol. The Hall–Kier alpha value is -1.88. The molecule has 0 radical (unpaired) electrons. The molecular weight excluding hydrogens is 262 g/mol. The van der Waals surface area contributed by atoms with Gasteiger partial charge in [-0.15, -0.1) is 0 Å². The molecule has 2 aromatic heterocycles. The van der Waals surface area contributed by atoms with Crippen LogP contribution in [0.1, 0.15) is 45.2 Å². The van der Waals surface area contributed by atoms with Crippen LogP contribution in [-0.4, -0.2) is 26.7 Å². The van der Waals surface area contributed by atoms with Crippen LogP contribution in [-0.2, 0) is 0 Å². The third-order valence-corrected chi connectivity index (χ3v) is 4.24. The second-order valence-corrected chi connectivity index (χ2v) is 5.71. The van der Waals surface area contributed by atoms with Crippen LogP contribution in [0.15, 0.2) is 24.4 Å². The number of fused-ring (bicyclic) bond motifs is 1. The number of nitrogens with two attached hydrogens (primary N) is 1. The molecule has 3 rings (SSSR count). The van der Waals surface area contributed by atoms with Crippen molar-refractivity contribution in [2.24, 2.45) is 5.73 Å². The Morgan fingerprint density at radius 1 is 1.52 bits per heavy atom. The standard InChI is InChI=1S/C16H23N5/c1-3-11(4-2)14-10-16(19-13-6-5-12(17)9-13)21-15(20-14)7-8-18-21/h3,7-8,10,12-13,19H,4-6,9,17H2,1-2H3/b11-3-/t12-,13-/m0/s1. The number of anilines is 1. The third kappa shape index (κ3) is 2.78. The van der Waals surface area contributed by atoms with Crippen molar-refractivity contribution >= 4 is 17.0 Å². The summed E-state index contributed by atoms with van der Waals surface area (Å²) in [4.78, 5) is 4.69. The van der Waals surface area contributed by atoms with E-state index in [0.717, 1.165) is 42.8 Å². The van der Waals surface area contributed by atoms with Crippen LogP contribution in [0.3, 0.4) is 0 Å². The summed E-state index contributed by atoms with van der Waals surface area (Å²) >= 11 is 0. The Kier molecular flexibility index (Phi) is 3.92. The van der Waals surface area contributed by atoms with Crippen molar-refractivity contribution < 1.29 is 0 Å². The normalized spacial score (nSPS) is 22.9. The molecule has 0 spiro atoms. The lowest BCUT2D eigenvalue weighted by atomic mass is 10.1. The van der Waals surface area contributed by atoms with Gasteiger partial charge in [0.1, 0.15) is 5.82 Å². The summed E-state index contributed by atoms with van der Waals surface area (Å²) in [6.45, 7) is 4.21. The molecule has 0 unspecified atom stereocenters. The quantitative estimate of drug-likeness (QED) is 0.906. The van der Waals surface area contributed by atoms with Crippen LogP contribution in [0.5, 0.6) is 0 Å². The van der Waals surface area contributed by atoms with Crippen LogP contribution in [0.25, 0.3) is 11.2 Å². The summed E-state index contributed by atoms with van der Waals surface area (Å²) in [6.07, 6.45) is 8.12. The molecule has 1 aliphatic carbocycles. The minimum absolute atomic E-state index is 0.318. The molecule has 0 aromatic carbocycles. The Bertz CT molecular complexity index is 658. The second kappa shape index (κ2) is 5.85. The van der Waals surface area contributed by atoms with E-state index in [1.54, 1.807) is 6.20 Å². The molecule has 21 heavy (non-hydrogen) atoms. The first-order chi connectivity index (χ1) is 10.2. The highest BCUT2D eigenvalue weighted by molar-refractivity contribution is 5.67. The molecule has 1 fully saturated rings. The van der Waals surface area contributed by atoms with Gasteiger partial charge in [-0.3, -0.25) is 0 Å². The van der Waals surface area contributed by atoms with Gasteiger partial charge >= 0.3 is 0 Å². The summed E-state index contributed by atoms with van der Waals surface area (Å²) < 4.78 is 1.87. The molecule has 1 aliphatic rings. The maximum absolute atomic E-state index is 6.01. The second-order valence-electron chi connectivity index (χ2n) is 5.71. The number of nitrogens with one attached hydrogen (secondary N) is 1. The first-order valence-electron chi connectivity index (χ1n) is 7.73. The number of nitrogens with zero attached hydrogens (tertiary/aromatic N) is 3. The number of rotatable bonds is 4. The molecule has 0 saturated heterocycles. The molecule has 112 valence electrons. The Balaban J connectivity index is 1.97. The Labute approximate surface area is 125 Å². The van der Waals surface area contributed by atoms with Gasteiger partial charge in [0.2, 0.25) is 0 Å². The highest BCUT2D eigenvalue weighted by atomic mass is 15.3. The zero-order valence-corrected chi connectivity index (χ0v) is 12.7. The van der Waals surface area contributed by atoms with E-state index in [4.69, 9.17) is 10.7 Å². The zero-order valence-electron chi connectivity index (χ0n) is 12.7. The van der Waals surface area contributed by atoms with Gasteiger partial charge < -0.3 is 11.1 Å². The summed E-state index contributed by atoms with van der Waals surface area (Å²) in [6, 6.07) is 4.79. The number of hydrogen-bond acceptors (Lipinski definition) is 4. The molecule has 3 N–H and O–H groups in total. The van der Waals surface area contributed by atoms with Crippen LogP contribution < -0.4 is 11.1 Å². The fraction of sp³-hybridized carbons (Fsp3) is 0.500. The first-order valence-corrected chi connectivity index (χ1v) is 7.73. The van der Waals surface area contributed by atoms with Crippen LogP contribution in [0.4, 0.5) is 5.82 Å². The van der Waals surface area contributed by atoms with E-state index in [0.29, 0.717) is 12.1 Å². The van der Waals surface area contributed by atoms with Crippen molar-refractivity contribution in [2.45, 2.75) is 51.6 Å². The summed E-state index contributed by atoms with van der Waals surface area (Å²) in [5.41, 5.74) is 9.17. The van der Waals surface area contributed by atoms with E-state index in [-0.39, 0.29) is 0 Å². The lowest BCUT2D eigenvalue weighted by Crippen LogP contribution is -2.22. The van der Waals surface area contributed by atoms with E-state index >= 15 is 0 Å². The summed E-state index contributed by atoms with van der Waals surface area (Å²) in [5.74, 6) is 1.01. The highest BCUT2D eigenvalue weighted by Gasteiger charge is 2.22. The van der Waals surface area contributed by atoms with Crippen molar-refractivity contribution in [3.05, 3.63) is 30.1 Å². The van der Waals surface area contributed by atoms with E-state index in [2.05, 4.69) is 36.4 Å². The molecule has 5 heteroatoms. The SMILES string of the molecule is C/C=C(/CC)c1cc(N[C@H]2CC[C@H](N)C2)n2nccc2n1. The van der Waals surface area contributed by atoms with Crippen molar-refractivity contribution in [3.8, 4) is 0 Å². The minimum Gasteiger partial charge on any atom is -0.367 e. The highest BCUT2D eigenvalue weighted by Crippen LogP contribution is 2.25. The van der Waals surface area contributed by atoms with E-state index < -0.39 is 0 Å². The molecule has 0 amide bonds. The van der Waals surface area contributed by atoms with Crippen LogP contribution in [0, 0.1) is 0 Å². The van der Waals surface area contributed by atoms with Crippen LogP contribution >= 0.6 is 0 Å².